The van der Waals surface area contributed by atoms with Gasteiger partial charge in [-0.3, -0.25) is 0 Å². The normalized spacial score (nSPS) is 19.1. The van der Waals surface area contributed by atoms with E-state index in [-0.39, 0.29) is 5.41 Å². The first-order valence-corrected chi connectivity index (χ1v) is 4.59. The number of carbonyl (C=O) groups is 1. The molecule has 0 saturated heterocycles. The van der Waals surface area contributed by atoms with Gasteiger partial charge in [0.15, 0.2) is 0 Å². The molecule has 68 valence electrons. The van der Waals surface area contributed by atoms with Crippen LogP contribution in [0.15, 0.2) is 24.3 Å². The van der Waals surface area contributed by atoms with E-state index < -0.39 is 0 Å². The maximum Gasteiger partial charge on any atom is 0.130 e. The average Bonchev–Trinajstić information content (AvgIpc) is 2.07. The van der Waals surface area contributed by atoms with Gasteiger partial charge < -0.3 is 10.5 Å². The lowest BCUT2D eigenvalue weighted by atomic mass is 9.65. The second-order valence-electron chi connectivity index (χ2n) is 3.75. The predicted molar refractivity (Wildman–Crippen MR) is 52.4 cm³/mol. The Bertz CT molecular complexity index is 311. The Balaban J connectivity index is 2.33. The Kier molecular flexibility index (Phi) is 1.83. The molecule has 1 aromatic rings. The molecule has 1 aliphatic rings. The van der Waals surface area contributed by atoms with Gasteiger partial charge in [-0.1, -0.05) is 18.6 Å². The Morgan fingerprint density at radius 1 is 1.23 bits per heavy atom. The summed E-state index contributed by atoms with van der Waals surface area (Å²) in [7, 11) is 0. The van der Waals surface area contributed by atoms with Crippen molar-refractivity contribution in [2.75, 3.05) is 5.73 Å². The molecule has 0 heterocycles. The van der Waals surface area contributed by atoms with Gasteiger partial charge in [-0.2, -0.15) is 0 Å². The molecule has 2 nitrogen and oxygen atoms in total. The highest BCUT2D eigenvalue weighted by atomic mass is 16.1. The van der Waals surface area contributed by atoms with Crippen LogP contribution in [0.25, 0.3) is 0 Å². The highest BCUT2D eigenvalue weighted by molar-refractivity contribution is 5.70. The van der Waals surface area contributed by atoms with Crippen molar-refractivity contribution in [1.29, 1.82) is 0 Å². The van der Waals surface area contributed by atoms with Crippen molar-refractivity contribution < 1.29 is 4.79 Å². The van der Waals surface area contributed by atoms with Gasteiger partial charge in [0.25, 0.3) is 0 Å². The van der Waals surface area contributed by atoms with Crippen LogP contribution in [0.3, 0.4) is 0 Å². The topological polar surface area (TPSA) is 43.1 Å². The minimum atomic E-state index is -0.187. The van der Waals surface area contributed by atoms with Crippen LogP contribution < -0.4 is 5.73 Å². The van der Waals surface area contributed by atoms with E-state index in [0.717, 1.165) is 36.8 Å². The zero-order valence-corrected chi connectivity index (χ0v) is 7.49. The minimum Gasteiger partial charge on any atom is -0.399 e. The average molecular weight is 175 g/mol. The fraction of sp³-hybridized carbons (Fsp3) is 0.364. The third-order valence-corrected chi connectivity index (χ3v) is 2.96. The van der Waals surface area contributed by atoms with E-state index >= 15 is 0 Å². The molecule has 1 saturated carbocycles. The third kappa shape index (κ3) is 1.22. The van der Waals surface area contributed by atoms with Gasteiger partial charge in [0, 0.05) is 5.69 Å². The quantitative estimate of drug-likeness (QED) is 0.551. The molecule has 0 radical (unpaired) electrons. The summed E-state index contributed by atoms with van der Waals surface area (Å²) in [6.45, 7) is 0. The Morgan fingerprint density at radius 2 is 1.85 bits per heavy atom. The van der Waals surface area contributed by atoms with E-state index in [1.807, 2.05) is 24.3 Å². The number of aldehydes is 1. The standard InChI is InChI=1S/C11H13NO/c12-10-4-2-9(3-5-10)11(8-13)6-1-7-11/h2-5,8H,1,6-7,12H2. The zero-order valence-electron chi connectivity index (χ0n) is 7.49. The van der Waals surface area contributed by atoms with Crippen LogP contribution in [0.4, 0.5) is 5.69 Å². The molecule has 0 amide bonds. The predicted octanol–water partition coefficient (Wildman–Crippen LogP) is 1.89. The number of anilines is 1. The fourth-order valence-corrected chi connectivity index (χ4v) is 1.85. The number of nitrogen functional groups attached to an aromatic ring is 1. The molecule has 0 spiro atoms. The van der Waals surface area contributed by atoms with Crippen LogP contribution in [0.5, 0.6) is 0 Å². The number of hydrogen-bond acceptors (Lipinski definition) is 2. The maximum atomic E-state index is 11.0. The van der Waals surface area contributed by atoms with E-state index in [1.54, 1.807) is 0 Å². The first-order chi connectivity index (χ1) is 6.27. The third-order valence-electron chi connectivity index (χ3n) is 2.96. The Morgan fingerprint density at radius 3 is 2.23 bits per heavy atom. The van der Waals surface area contributed by atoms with Gasteiger partial charge in [0.1, 0.15) is 6.29 Å². The molecule has 0 bridgehead atoms. The maximum absolute atomic E-state index is 11.0. The molecule has 0 aromatic heterocycles. The summed E-state index contributed by atoms with van der Waals surface area (Å²) in [6.07, 6.45) is 4.21. The molecule has 0 atom stereocenters. The van der Waals surface area contributed by atoms with E-state index in [2.05, 4.69) is 0 Å². The molecular weight excluding hydrogens is 162 g/mol. The van der Waals surface area contributed by atoms with Crippen LogP contribution >= 0.6 is 0 Å². The van der Waals surface area contributed by atoms with Crippen LogP contribution in [-0.2, 0) is 10.2 Å². The second-order valence-corrected chi connectivity index (χ2v) is 3.75. The highest BCUT2D eigenvalue weighted by Gasteiger charge is 2.38. The van der Waals surface area contributed by atoms with Crippen molar-refractivity contribution in [2.45, 2.75) is 24.7 Å². The number of nitrogens with two attached hydrogens (primary N) is 1. The van der Waals surface area contributed by atoms with Gasteiger partial charge in [0.2, 0.25) is 0 Å². The lowest BCUT2D eigenvalue weighted by Gasteiger charge is -2.37. The molecular formula is C11H13NO. The van der Waals surface area contributed by atoms with Crippen LogP contribution in [0.2, 0.25) is 0 Å². The number of hydrogen-bond donors (Lipinski definition) is 1. The van der Waals surface area contributed by atoms with Crippen molar-refractivity contribution in [2.24, 2.45) is 0 Å². The summed E-state index contributed by atoms with van der Waals surface area (Å²) in [5, 5.41) is 0. The molecule has 2 rings (SSSR count). The van der Waals surface area contributed by atoms with Crippen molar-refractivity contribution in [3.8, 4) is 0 Å². The van der Waals surface area contributed by atoms with Crippen LogP contribution in [-0.4, -0.2) is 6.29 Å². The largest absolute Gasteiger partial charge is 0.399 e. The molecule has 0 unspecified atom stereocenters. The highest BCUT2D eigenvalue weighted by Crippen LogP contribution is 2.41. The lowest BCUT2D eigenvalue weighted by molar-refractivity contribution is -0.115. The molecule has 1 aliphatic carbocycles. The molecule has 1 aromatic carbocycles. The van der Waals surface area contributed by atoms with Crippen LogP contribution in [0, 0.1) is 0 Å². The molecule has 0 aliphatic heterocycles. The van der Waals surface area contributed by atoms with Crippen molar-refractivity contribution in [1.82, 2.24) is 0 Å². The van der Waals surface area contributed by atoms with Gasteiger partial charge >= 0.3 is 0 Å². The zero-order chi connectivity index (χ0) is 9.31. The van der Waals surface area contributed by atoms with Gasteiger partial charge in [-0.15, -0.1) is 0 Å². The van der Waals surface area contributed by atoms with E-state index in [4.69, 9.17) is 5.73 Å². The Hall–Kier alpha value is -1.31. The van der Waals surface area contributed by atoms with E-state index in [9.17, 15) is 4.79 Å². The van der Waals surface area contributed by atoms with E-state index in [1.165, 1.54) is 0 Å². The SMILES string of the molecule is Nc1ccc(C2(C=O)CCC2)cc1. The molecule has 2 N–H and O–H groups in total. The van der Waals surface area contributed by atoms with Crippen molar-refractivity contribution in [3.63, 3.8) is 0 Å². The monoisotopic (exact) mass is 175 g/mol. The first-order valence-electron chi connectivity index (χ1n) is 4.59. The minimum absolute atomic E-state index is 0.187. The molecule has 13 heavy (non-hydrogen) atoms. The Labute approximate surface area is 77.8 Å². The summed E-state index contributed by atoms with van der Waals surface area (Å²) >= 11 is 0. The van der Waals surface area contributed by atoms with E-state index in [0.29, 0.717) is 0 Å². The number of carbonyl (C=O) groups excluding carboxylic acids is 1. The second kappa shape index (κ2) is 2.87. The number of rotatable bonds is 2. The summed E-state index contributed by atoms with van der Waals surface area (Å²) in [6, 6.07) is 7.64. The number of benzene rings is 1. The summed E-state index contributed by atoms with van der Waals surface area (Å²) in [4.78, 5) is 11.0. The lowest BCUT2D eigenvalue weighted by Crippen LogP contribution is -2.35. The van der Waals surface area contributed by atoms with Gasteiger partial charge in [0.05, 0.1) is 5.41 Å². The molecule has 2 heteroatoms. The summed E-state index contributed by atoms with van der Waals surface area (Å²) in [5.41, 5.74) is 7.26. The smallest absolute Gasteiger partial charge is 0.130 e. The van der Waals surface area contributed by atoms with Gasteiger partial charge in [-0.05, 0) is 30.5 Å². The summed E-state index contributed by atoms with van der Waals surface area (Å²) < 4.78 is 0. The van der Waals surface area contributed by atoms with Crippen molar-refractivity contribution in [3.05, 3.63) is 29.8 Å². The summed E-state index contributed by atoms with van der Waals surface area (Å²) in [5.74, 6) is 0. The van der Waals surface area contributed by atoms with Gasteiger partial charge in [-0.25, -0.2) is 0 Å². The van der Waals surface area contributed by atoms with Crippen molar-refractivity contribution >= 4 is 12.0 Å². The molecule has 1 fully saturated rings. The fourth-order valence-electron chi connectivity index (χ4n) is 1.85. The van der Waals surface area contributed by atoms with Crippen LogP contribution in [0.1, 0.15) is 24.8 Å². The first kappa shape index (κ1) is 8.30.